The Balaban J connectivity index is 2.19. The molecule has 24 heavy (non-hydrogen) atoms. The van der Waals surface area contributed by atoms with Crippen molar-refractivity contribution >= 4 is 41.5 Å². The molecule has 5 nitrogen and oxygen atoms in total. The van der Waals surface area contributed by atoms with Crippen molar-refractivity contribution in [3.8, 4) is 11.5 Å². The van der Waals surface area contributed by atoms with E-state index in [4.69, 9.17) is 37.9 Å². The Bertz CT molecular complexity index is 803. The van der Waals surface area contributed by atoms with E-state index in [0.717, 1.165) is 5.56 Å². The van der Waals surface area contributed by atoms with Gasteiger partial charge in [0.05, 0.1) is 18.3 Å². The first kappa shape index (κ1) is 17.8. The van der Waals surface area contributed by atoms with E-state index in [1.54, 1.807) is 30.3 Å². The number of halogens is 2. The van der Waals surface area contributed by atoms with Crippen molar-refractivity contribution in [2.24, 2.45) is 5.16 Å². The molecule has 2 rings (SSSR count). The number of hydrogen-bond acceptors (Lipinski definition) is 5. The van der Waals surface area contributed by atoms with Crippen molar-refractivity contribution in [1.29, 1.82) is 0 Å². The van der Waals surface area contributed by atoms with Crippen LogP contribution in [0.15, 0.2) is 47.6 Å². The summed E-state index contributed by atoms with van der Waals surface area (Å²) in [5, 5.41) is 12.2. The lowest BCUT2D eigenvalue weighted by Crippen LogP contribution is -2.06. The van der Waals surface area contributed by atoms with E-state index in [9.17, 15) is 4.79 Å². The van der Waals surface area contributed by atoms with Gasteiger partial charge in [0.15, 0.2) is 11.5 Å². The van der Waals surface area contributed by atoms with Gasteiger partial charge in [-0.15, -0.1) is 0 Å². The van der Waals surface area contributed by atoms with Gasteiger partial charge in [0.2, 0.25) is 0 Å². The van der Waals surface area contributed by atoms with Crippen LogP contribution in [0, 0.1) is 0 Å². The number of carbonyl (C=O) groups excluding carboxylic acids is 1. The third-order valence-electron chi connectivity index (χ3n) is 2.92. The fraction of sp³-hybridized carbons (Fsp3) is 0.0588. The first-order chi connectivity index (χ1) is 11.5. The Morgan fingerprint density at radius 3 is 2.67 bits per heavy atom. The molecular formula is C17H13Cl2NO4. The summed E-state index contributed by atoms with van der Waals surface area (Å²) in [6, 6.07) is 10.0. The molecule has 0 heterocycles. The Labute approximate surface area is 148 Å². The highest BCUT2D eigenvalue weighted by atomic mass is 35.5. The fourth-order valence-electron chi connectivity index (χ4n) is 1.89. The summed E-state index contributed by atoms with van der Waals surface area (Å²) in [6.45, 7) is 0. The standard InChI is InChI=1S/C17H13Cl2NO4/c1-23-15-9-12(10-20-22)8-14(19)17(15)24-16(21)6-5-11-3-2-4-13(18)7-11/h2-10,22H,1H3/b6-5?,20-10+. The Morgan fingerprint density at radius 2 is 2.00 bits per heavy atom. The number of nitrogens with zero attached hydrogens (tertiary/aromatic N) is 1. The lowest BCUT2D eigenvalue weighted by molar-refractivity contribution is -0.129. The zero-order chi connectivity index (χ0) is 17.5. The molecule has 0 aromatic heterocycles. The Morgan fingerprint density at radius 1 is 1.21 bits per heavy atom. The molecule has 2 aromatic carbocycles. The predicted octanol–water partition coefficient (Wildman–Crippen LogP) is 4.43. The van der Waals surface area contributed by atoms with Crippen LogP contribution < -0.4 is 9.47 Å². The number of methoxy groups -OCH3 is 1. The minimum atomic E-state index is -0.626. The van der Waals surface area contributed by atoms with Gasteiger partial charge in [0, 0.05) is 16.7 Å². The summed E-state index contributed by atoms with van der Waals surface area (Å²) in [4.78, 5) is 12.0. The molecule has 0 spiro atoms. The minimum absolute atomic E-state index is 0.0787. The second kappa shape index (κ2) is 8.38. The molecule has 0 amide bonds. The summed E-state index contributed by atoms with van der Waals surface area (Å²) >= 11 is 12.0. The molecule has 0 unspecified atom stereocenters. The van der Waals surface area contributed by atoms with Crippen molar-refractivity contribution in [2.45, 2.75) is 0 Å². The number of rotatable bonds is 5. The van der Waals surface area contributed by atoms with E-state index in [0.29, 0.717) is 10.6 Å². The smallest absolute Gasteiger partial charge is 0.336 e. The van der Waals surface area contributed by atoms with Gasteiger partial charge in [-0.2, -0.15) is 0 Å². The van der Waals surface area contributed by atoms with Crippen LogP contribution >= 0.6 is 23.2 Å². The molecule has 7 heteroatoms. The molecular weight excluding hydrogens is 353 g/mol. The summed E-state index contributed by atoms with van der Waals surface area (Å²) in [7, 11) is 1.41. The Kier molecular flexibility index (Phi) is 6.23. The van der Waals surface area contributed by atoms with Gasteiger partial charge in [-0.25, -0.2) is 4.79 Å². The van der Waals surface area contributed by atoms with E-state index < -0.39 is 5.97 Å². The molecule has 0 saturated carbocycles. The second-order valence-corrected chi connectivity index (χ2v) is 5.43. The van der Waals surface area contributed by atoms with E-state index >= 15 is 0 Å². The van der Waals surface area contributed by atoms with Crippen LogP contribution in [0.25, 0.3) is 6.08 Å². The minimum Gasteiger partial charge on any atom is -0.493 e. The number of carbonyl (C=O) groups is 1. The SMILES string of the molecule is COc1cc(/C=N/O)cc(Cl)c1OC(=O)C=Cc1cccc(Cl)c1. The maximum Gasteiger partial charge on any atom is 0.336 e. The van der Waals surface area contributed by atoms with Crippen LogP contribution in [-0.2, 0) is 4.79 Å². The van der Waals surface area contributed by atoms with Crippen molar-refractivity contribution in [1.82, 2.24) is 0 Å². The average Bonchev–Trinajstić information content (AvgIpc) is 2.55. The highest BCUT2D eigenvalue weighted by Gasteiger charge is 2.14. The molecule has 2 aromatic rings. The molecule has 0 aliphatic rings. The van der Waals surface area contributed by atoms with Crippen LogP contribution in [0.5, 0.6) is 11.5 Å². The van der Waals surface area contributed by atoms with E-state index in [1.807, 2.05) is 0 Å². The van der Waals surface area contributed by atoms with Crippen LogP contribution in [0.1, 0.15) is 11.1 Å². The normalized spacial score (nSPS) is 11.1. The molecule has 1 N–H and O–H groups in total. The van der Waals surface area contributed by atoms with Crippen LogP contribution in [0.3, 0.4) is 0 Å². The summed E-state index contributed by atoms with van der Waals surface area (Å²) in [5.41, 5.74) is 1.25. The highest BCUT2D eigenvalue weighted by Crippen LogP contribution is 2.36. The summed E-state index contributed by atoms with van der Waals surface area (Å²) in [5.74, 6) is -0.310. The van der Waals surface area contributed by atoms with Gasteiger partial charge in [-0.05, 0) is 35.9 Å². The number of esters is 1. The lowest BCUT2D eigenvalue weighted by atomic mass is 10.2. The van der Waals surface area contributed by atoms with Gasteiger partial charge >= 0.3 is 5.97 Å². The molecule has 124 valence electrons. The number of oxime groups is 1. The topological polar surface area (TPSA) is 68.1 Å². The summed E-state index contributed by atoms with van der Waals surface area (Å²) < 4.78 is 10.4. The van der Waals surface area contributed by atoms with Gasteiger partial charge in [-0.1, -0.05) is 40.5 Å². The average molecular weight is 366 g/mol. The molecule has 0 saturated heterocycles. The number of ether oxygens (including phenoxy) is 2. The molecule has 0 fully saturated rings. The Hall–Kier alpha value is -2.50. The first-order valence-corrected chi connectivity index (χ1v) is 7.49. The monoisotopic (exact) mass is 365 g/mol. The van der Waals surface area contributed by atoms with Crippen LogP contribution in [0.4, 0.5) is 0 Å². The predicted molar refractivity (Wildman–Crippen MR) is 93.5 cm³/mol. The maximum absolute atomic E-state index is 12.0. The third kappa shape index (κ3) is 4.75. The molecule has 0 aliphatic carbocycles. The van der Waals surface area contributed by atoms with Crippen LogP contribution in [-0.4, -0.2) is 24.5 Å². The highest BCUT2D eigenvalue weighted by molar-refractivity contribution is 6.32. The van der Waals surface area contributed by atoms with E-state index in [1.165, 1.54) is 31.5 Å². The fourth-order valence-corrected chi connectivity index (χ4v) is 2.35. The lowest BCUT2D eigenvalue weighted by Gasteiger charge is -2.10. The third-order valence-corrected chi connectivity index (χ3v) is 3.44. The van der Waals surface area contributed by atoms with Crippen LogP contribution in [0.2, 0.25) is 10.0 Å². The van der Waals surface area contributed by atoms with Gasteiger partial charge in [-0.3, -0.25) is 0 Å². The van der Waals surface area contributed by atoms with Crippen molar-refractivity contribution < 1.29 is 19.5 Å². The number of hydrogen-bond donors (Lipinski definition) is 1. The van der Waals surface area contributed by atoms with E-state index in [2.05, 4.69) is 5.16 Å². The quantitative estimate of drug-likeness (QED) is 0.212. The van der Waals surface area contributed by atoms with Gasteiger partial charge < -0.3 is 14.7 Å². The zero-order valence-electron chi connectivity index (χ0n) is 12.6. The van der Waals surface area contributed by atoms with Gasteiger partial charge in [0.1, 0.15) is 0 Å². The largest absolute Gasteiger partial charge is 0.493 e. The van der Waals surface area contributed by atoms with Gasteiger partial charge in [0.25, 0.3) is 0 Å². The van der Waals surface area contributed by atoms with Crippen molar-refractivity contribution in [3.63, 3.8) is 0 Å². The maximum atomic E-state index is 12.0. The number of benzene rings is 2. The van der Waals surface area contributed by atoms with Crippen molar-refractivity contribution in [2.75, 3.05) is 7.11 Å². The van der Waals surface area contributed by atoms with E-state index in [-0.39, 0.29) is 16.5 Å². The second-order valence-electron chi connectivity index (χ2n) is 4.59. The first-order valence-electron chi connectivity index (χ1n) is 6.74. The molecule has 0 aliphatic heterocycles. The molecule has 0 bridgehead atoms. The zero-order valence-corrected chi connectivity index (χ0v) is 14.1. The summed E-state index contributed by atoms with van der Waals surface area (Å²) in [6.07, 6.45) is 4.00. The molecule has 0 radical (unpaired) electrons. The van der Waals surface area contributed by atoms with Crippen molar-refractivity contribution in [3.05, 3.63) is 63.6 Å². The molecule has 0 atom stereocenters.